The van der Waals surface area contributed by atoms with Gasteiger partial charge in [0, 0.05) is 17.1 Å². The third-order valence-electron chi connectivity index (χ3n) is 3.63. The van der Waals surface area contributed by atoms with Gasteiger partial charge >= 0.3 is 0 Å². The van der Waals surface area contributed by atoms with Crippen molar-refractivity contribution >= 4 is 5.78 Å². The van der Waals surface area contributed by atoms with Crippen LogP contribution in [0.2, 0.25) is 0 Å². The number of rotatable bonds is 7. The highest BCUT2D eigenvalue weighted by atomic mass is 16.5. The van der Waals surface area contributed by atoms with Gasteiger partial charge in [-0.25, -0.2) is 0 Å². The molecule has 0 aliphatic carbocycles. The Morgan fingerprint density at radius 1 is 1.12 bits per heavy atom. The molecule has 1 unspecified atom stereocenters. The minimum Gasteiger partial charge on any atom is -0.371 e. The second-order valence-electron chi connectivity index (χ2n) is 5.69. The number of benzene rings is 2. The Labute approximate surface area is 149 Å². The van der Waals surface area contributed by atoms with Crippen LogP contribution >= 0.6 is 0 Å². The van der Waals surface area contributed by atoms with E-state index in [0.29, 0.717) is 18.8 Å². The highest BCUT2D eigenvalue weighted by molar-refractivity contribution is 5.93. The summed E-state index contributed by atoms with van der Waals surface area (Å²) in [4.78, 5) is 12.2. The van der Waals surface area contributed by atoms with Crippen LogP contribution in [0.25, 0.3) is 0 Å². The Balaban J connectivity index is 2.09. The van der Waals surface area contributed by atoms with E-state index in [1.165, 1.54) is 0 Å². The number of carbonyl (C=O) groups is 1. The second kappa shape index (κ2) is 10.1. The lowest BCUT2D eigenvalue weighted by molar-refractivity contribution is -0.116. The van der Waals surface area contributed by atoms with Crippen LogP contribution < -0.4 is 0 Å². The minimum atomic E-state index is -0.234. The number of ether oxygens (including phenoxy) is 1. The maximum Gasteiger partial charge on any atom is 0.163 e. The predicted octanol–water partition coefficient (Wildman–Crippen LogP) is 4.57. The van der Waals surface area contributed by atoms with Crippen LogP contribution in [0.1, 0.15) is 18.1 Å². The number of hydrogen-bond acceptors (Lipinski definition) is 2. The summed E-state index contributed by atoms with van der Waals surface area (Å²) in [6, 6.07) is 19.6. The van der Waals surface area contributed by atoms with Gasteiger partial charge in [0.25, 0.3) is 0 Å². The third-order valence-corrected chi connectivity index (χ3v) is 3.63. The zero-order chi connectivity index (χ0) is 17.9. The highest BCUT2D eigenvalue weighted by Crippen LogP contribution is 2.06. The molecule has 25 heavy (non-hydrogen) atoms. The van der Waals surface area contributed by atoms with E-state index in [2.05, 4.69) is 18.4 Å². The third kappa shape index (κ3) is 6.63. The predicted molar refractivity (Wildman–Crippen MR) is 102 cm³/mol. The van der Waals surface area contributed by atoms with Gasteiger partial charge in [-0.3, -0.25) is 4.79 Å². The molecule has 0 aromatic heterocycles. The monoisotopic (exact) mass is 330 g/mol. The first kappa shape index (κ1) is 18.4. The van der Waals surface area contributed by atoms with E-state index in [1.807, 2.05) is 67.6 Å². The van der Waals surface area contributed by atoms with E-state index in [-0.39, 0.29) is 11.7 Å². The molecule has 0 bridgehead atoms. The van der Waals surface area contributed by atoms with Crippen molar-refractivity contribution in [1.82, 2.24) is 0 Å². The highest BCUT2D eigenvalue weighted by Gasteiger charge is 2.07. The van der Waals surface area contributed by atoms with Gasteiger partial charge in [0.1, 0.15) is 0 Å². The topological polar surface area (TPSA) is 26.3 Å². The number of allylic oxidation sites excluding steroid dienone is 2. The van der Waals surface area contributed by atoms with Gasteiger partial charge in [0.2, 0.25) is 0 Å². The maximum absolute atomic E-state index is 12.2. The van der Waals surface area contributed by atoms with Gasteiger partial charge in [0.15, 0.2) is 5.78 Å². The molecule has 2 nitrogen and oxygen atoms in total. The average molecular weight is 330 g/mol. The van der Waals surface area contributed by atoms with E-state index >= 15 is 0 Å². The van der Waals surface area contributed by atoms with Crippen molar-refractivity contribution in [2.24, 2.45) is 5.92 Å². The van der Waals surface area contributed by atoms with Gasteiger partial charge in [-0.15, -0.1) is 6.58 Å². The maximum atomic E-state index is 12.2. The Hall–Kier alpha value is -2.89. The standard InChI is InChI=1S/C23H22O2/c1-3-19(2)23(24)16-22(15-14-20-10-6-4-7-11-20)18-25-17-21-12-8-5-9-13-21/h3-13,16,19H,1,17-18H2,2H3/b22-16+. The first-order chi connectivity index (χ1) is 12.2. The van der Waals surface area contributed by atoms with Crippen LogP contribution in [0.15, 0.2) is 85.0 Å². The number of hydrogen-bond donors (Lipinski definition) is 0. The molecule has 1 atom stereocenters. The fraction of sp³-hybridized carbons (Fsp3) is 0.174. The van der Waals surface area contributed by atoms with Gasteiger partial charge in [-0.2, -0.15) is 0 Å². The van der Waals surface area contributed by atoms with Crippen LogP contribution in [-0.2, 0) is 16.1 Å². The molecule has 126 valence electrons. The van der Waals surface area contributed by atoms with Crippen molar-refractivity contribution in [2.45, 2.75) is 13.5 Å². The molecule has 0 radical (unpaired) electrons. The zero-order valence-corrected chi connectivity index (χ0v) is 14.4. The van der Waals surface area contributed by atoms with E-state index in [4.69, 9.17) is 4.74 Å². The molecule has 0 saturated heterocycles. The van der Waals surface area contributed by atoms with Crippen LogP contribution in [0, 0.1) is 17.8 Å². The zero-order valence-electron chi connectivity index (χ0n) is 14.4. The van der Waals surface area contributed by atoms with Crippen LogP contribution in [0.3, 0.4) is 0 Å². The molecule has 0 aliphatic heterocycles. The van der Waals surface area contributed by atoms with Gasteiger partial charge < -0.3 is 4.74 Å². The smallest absolute Gasteiger partial charge is 0.163 e. The molecule has 0 N–H and O–H groups in total. The molecule has 0 heterocycles. The summed E-state index contributed by atoms with van der Waals surface area (Å²) in [5.41, 5.74) is 2.66. The van der Waals surface area contributed by atoms with Crippen molar-refractivity contribution < 1.29 is 9.53 Å². The van der Waals surface area contributed by atoms with Crippen molar-refractivity contribution in [3.63, 3.8) is 0 Å². The molecule has 2 heteroatoms. The summed E-state index contributed by atoms with van der Waals surface area (Å²) in [6.07, 6.45) is 3.19. The first-order valence-corrected chi connectivity index (χ1v) is 8.24. The summed E-state index contributed by atoms with van der Waals surface area (Å²) in [5.74, 6) is 5.89. The summed E-state index contributed by atoms with van der Waals surface area (Å²) >= 11 is 0. The Morgan fingerprint density at radius 3 is 2.40 bits per heavy atom. The average Bonchev–Trinajstić information content (AvgIpc) is 2.66. The SMILES string of the molecule is C=CC(C)C(=O)/C=C(\C#Cc1ccccc1)COCc1ccccc1. The van der Waals surface area contributed by atoms with Gasteiger partial charge in [-0.05, 0) is 23.8 Å². The van der Waals surface area contributed by atoms with E-state index in [0.717, 1.165) is 11.1 Å². The van der Waals surface area contributed by atoms with Gasteiger partial charge in [0.05, 0.1) is 13.2 Å². The summed E-state index contributed by atoms with van der Waals surface area (Å²) in [7, 11) is 0. The summed E-state index contributed by atoms with van der Waals surface area (Å²) in [5, 5.41) is 0. The molecule has 2 rings (SSSR count). The van der Waals surface area contributed by atoms with E-state index in [1.54, 1.807) is 12.2 Å². The molecule has 0 amide bonds. The molecule has 0 saturated carbocycles. The van der Waals surface area contributed by atoms with E-state index < -0.39 is 0 Å². The van der Waals surface area contributed by atoms with Crippen molar-refractivity contribution in [3.05, 3.63) is 96.1 Å². The lowest BCUT2D eigenvalue weighted by Gasteiger charge is -2.05. The molecular formula is C23H22O2. The number of ketones is 1. The van der Waals surface area contributed by atoms with Crippen molar-refractivity contribution in [2.75, 3.05) is 6.61 Å². The fourth-order valence-corrected chi connectivity index (χ4v) is 2.06. The molecule has 0 fully saturated rings. The quantitative estimate of drug-likeness (QED) is 0.422. The largest absolute Gasteiger partial charge is 0.371 e. The van der Waals surface area contributed by atoms with Crippen LogP contribution in [-0.4, -0.2) is 12.4 Å². The Bertz CT molecular complexity index is 777. The van der Waals surface area contributed by atoms with Gasteiger partial charge in [-0.1, -0.05) is 73.4 Å². The van der Waals surface area contributed by atoms with Crippen LogP contribution in [0.4, 0.5) is 0 Å². The first-order valence-electron chi connectivity index (χ1n) is 8.24. The Kier molecular flexibility index (Phi) is 7.43. The summed E-state index contributed by atoms with van der Waals surface area (Å²) < 4.78 is 5.74. The van der Waals surface area contributed by atoms with Crippen LogP contribution in [0.5, 0.6) is 0 Å². The van der Waals surface area contributed by atoms with E-state index in [9.17, 15) is 4.79 Å². The lowest BCUT2D eigenvalue weighted by atomic mass is 10.0. The fourth-order valence-electron chi connectivity index (χ4n) is 2.06. The molecule has 0 spiro atoms. The lowest BCUT2D eigenvalue weighted by Crippen LogP contribution is -2.07. The second-order valence-corrected chi connectivity index (χ2v) is 5.69. The molecule has 2 aromatic carbocycles. The number of carbonyl (C=O) groups excluding carboxylic acids is 1. The normalized spacial score (nSPS) is 12.0. The minimum absolute atomic E-state index is 0.0179. The van der Waals surface area contributed by atoms with Crippen molar-refractivity contribution in [1.29, 1.82) is 0 Å². The molecule has 2 aromatic rings. The van der Waals surface area contributed by atoms with Crippen molar-refractivity contribution in [3.8, 4) is 11.8 Å². The Morgan fingerprint density at radius 2 is 1.76 bits per heavy atom. The summed E-state index contributed by atoms with van der Waals surface area (Å²) in [6.45, 7) is 6.26. The molecule has 0 aliphatic rings. The molecular weight excluding hydrogens is 308 g/mol.